The summed E-state index contributed by atoms with van der Waals surface area (Å²) < 4.78 is 78.6. The van der Waals surface area contributed by atoms with Gasteiger partial charge in [-0.1, -0.05) is 12.2 Å². The van der Waals surface area contributed by atoms with Crippen LogP contribution in [0.15, 0.2) is 47.4 Å². The minimum Gasteiger partial charge on any atom is -0.382 e. The first-order chi connectivity index (χ1) is 18.9. The molecule has 40 heavy (non-hydrogen) atoms. The van der Waals surface area contributed by atoms with E-state index >= 15 is 0 Å². The Morgan fingerprint density at radius 3 is 2.12 bits per heavy atom. The van der Waals surface area contributed by atoms with Crippen molar-refractivity contribution in [2.75, 3.05) is 62.3 Å². The minimum atomic E-state index is -4.38. The Labute approximate surface area is 241 Å². The Kier molecular flexibility index (Phi) is 10.2. The van der Waals surface area contributed by atoms with E-state index in [4.69, 9.17) is 12.2 Å². The zero-order valence-electron chi connectivity index (χ0n) is 22.3. The second kappa shape index (κ2) is 13.2. The van der Waals surface area contributed by atoms with Crippen LogP contribution in [0, 0.1) is 0 Å². The van der Waals surface area contributed by atoms with E-state index in [0.29, 0.717) is 5.69 Å². The van der Waals surface area contributed by atoms with Crippen LogP contribution in [0.4, 0.5) is 37.7 Å². The van der Waals surface area contributed by atoms with E-state index in [0.717, 1.165) is 106 Å². The fourth-order valence-corrected chi connectivity index (χ4v) is 6.16. The minimum absolute atomic E-state index is 0.0984. The van der Waals surface area contributed by atoms with Gasteiger partial charge in [0.05, 0.1) is 16.1 Å². The van der Waals surface area contributed by atoms with Gasteiger partial charge in [0, 0.05) is 61.6 Å². The lowest BCUT2D eigenvalue weighted by molar-refractivity contribution is -0.140. The van der Waals surface area contributed by atoms with Crippen molar-refractivity contribution in [3.8, 4) is 0 Å². The molecule has 2 aromatic carbocycles. The highest BCUT2D eigenvalue weighted by Gasteiger charge is 2.34. The van der Waals surface area contributed by atoms with Gasteiger partial charge >= 0.3 is 12.4 Å². The smallest absolute Gasteiger partial charge is 0.382 e. The third-order valence-corrected chi connectivity index (χ3v) is 8.78. The van der Waals surface area contributed by atoms with Gasteiger partial charge in [-0.3, -0.25) is 4.90 Å². The molecule has 0 bridgehead atoms. The Balaban J connectivity index is 1.15. The zero-order valence-corrected chi connectivity index (χ0v) is 24.0. The van der Waals surface area contributed by atoms with E-state index in [-0.39, 0.29) is 10.9 Å². The van der Waals surface area contributed by atoms with Crippen LogP contribution < -0.4 is 10.2 Å². The van der Waals surface area contributed by atoms with Crippen molar-refractivity contribution in [2.24, 2.45) is 0 Å². The molecular formula is C28H34F6N4S2. The molecule has 2 aromatic rings. The van der Waals surface area contributed by atoms with Crippen molar-refractivity contribution < 1.29 is 26.3 Å². The lowest BCUT2D eigenvalue weighted by Gasteiger charge is -2.37. The van der Waals surface area contributed by atoms with E-state index in [2.05, 4.69) is 20.0 Å². The van der Waals surface area contributed by atoms with Gasteiger partial charge in [-0.2, -0.15) is 26.3 Å². The maximum absolute atomic E-state index is 13.4. The van der Waals surface area contributed by atoms with Gasteiger partial charge in [0.25, 0.3) is 0 Å². The summed E-state index contributed by atoms with van der Waals surface area (Å²) in [7, 11) is 0. The molecule has 0 radical (unpaired) electrons. The van der Waals surface area contributed by atoms with Gasteiger partial charge < -0.3 is 15.1 Å². The van der Waals surface area contributed by atoms with Gasteiger partial charge in [0.15, 0.2) is 0 Å². The molecule has 2 heterocycles. The van der Waals surface area contributed by atoms with Crippen LogP contribution in [0.5, 0.6) is 0 Å². The Morgan fingerprint density at radius 1 is 0.900 bits per heavy atom. The van der Waals surface area contributed by atoms with Gasteiger partial charge in [-0.15, -0.1) is 11.8 Å². The molecule has 12 heteroatoms. The number of likely N-dealkylation sites (tertiary alicyclic amines) is 1. The average Bonchev–Trinajstić information content (AvgIpc) is 2.93. The van der Waals surface area contributed by atoms with Crippen molar-refractivity contribution in [3.63, 3.8) is 0 Å². The third kappa shape index (κ3) is 8.19. The molecule has 0 amide bonds. The summed E-state index contributed by atoms with van der Waals surface area (Å²) in [6.45, 7) is 5.68. The molecule has 0 spiro atoms. The first-order valence-electron chi connectivity index (χ1n) is 13.4. The summed E-state index contributed by atoms with van der Waals surface area (Å²) in [6.07, 6.45) is -3.73. The monoisotopic (exact) mass is 604 g/mol. The number of hydrogen-bond donors (Lipinski definition) is 1. The molecule has 2 fully saturated rings. The largest absolute Gasteiger partial charge is 0.417 e. The molecule has 0 saturated carbocycles. The molecule has 0 atom stereocenters. The third-order valence-electron chi connectivity index (χ3n) is 7.52. The van der Waals surface area contributed by atoms with E-state index in [9.17, 15) is 26.3 Å². The molecule has 0 aliphatic carbocycles. The number of anilines is 2. The summed E-state index contributed by atoms with van der Waals surface area (Å²) in [5, 5.41) is 3.28. The van der Waals surface area contributed by atoms with Crippen molar-refractivity contribution in [1.29, 1.82) is 0 Å². The molecule has 4 rings (SSSR count). The molecule has 2 saturated heterocycles. The molecule has 4 nitrogen and oxygen atoms in total. The number of halogens is 6. The molecule has 0 unspecified atom stereocenters. The quantitative estimate of drug-likeness (QED) is 0.193. The van der Waals surface area contributed by atoms with Gasteiger partial charge in [-0.25, -0.2) is 0 Å². The van der Waals surface area contributed by atoms with E-state index in [1.54, 1.807) is 12.3 Å². The lowest BCUT2D eigenvalue weighted by Crippen LogP contribution is -2.47. The summed E-state index contributed by atoms with van der Waals surface area (Å²) in [5.41, 5.74) is 0.0607. The van der Waals surface area contributed by atoms with Crippen molar-refractivity contribution in [2.45, 2.75) is 49.0 Å². The van der Waals surface area contributed by atoms with Crippen molar-refractivity contribution in [3.05, 3.63) is 53.6 Å². The summed E-state index contributed by atoms with van der Waals surface area (Å²) in [4.78, 5) is 7.82. The van der Waals surface area contributed by atoms with E-state index < -0.39 is 23.5 Å². The van der Waals surface area contributed by atoms with Crippen LogP contribution in [-0.2, 0) is 12.4 Å². The number of benzene rings is 2. The first kappa shape index (κ1) is 30.8. The van der Waals surface area contributed by atoms with Crippen LogP contribution in [0.3, 0.4) is 0 Å². The number of hydrogen-bond acceptors (Lipinski definition) is 5. The fraction of sp³-hybridized carbons (Fsp3) is 0.536. The number of nitrogens with zero attached hydrogens (tertiary/aromatic N) is 3. The Hall–Kier alpha value is -2.18. The Bertz CT molecular complexity index is 1120. The maximum atomic E-state index is 13.4. The predicted octanol–water partition coefficient (Wildman–Crippen LogP) is 7.25. The highest BCUT2D eigenvalue weighted by atomic mass is 32.2. The average molecular weight is 605 g/mol. The first-order valence-corrected chi connectivity index (χ1v) is 15.0. The number of piperidine rings is 1. The molecule has 0 aromatic heterocycles. The van der Waals surface area contributed by atoms with Gasteiger partial charge in [0.2, 0.25) is 0 Å². The second-order valence-corrected chi connectivity index (χ2v) is 11.5. The topological polar surface area (TPSA) is 21.8 Å². The highest BCUT2D eigenvalue weighted by Crippen LogP contribution is 2.38. The second-order valence-electron chi connectivity index (χ2n) is 10.2. The number of thiocarbonyl (C=S) groups is 1. The van der Waals surface area contributed by atoms with Gasteiger partial charge in [-0.05, 0) is 80.9 Å². The predicted molar refractivity (Wildman–Crippen MR) is 153 cm³/mol. The van der Waals surface area contributed by atoms with Crippen molar-refractivity contribution >= 4 is 40.3 Å². The lowest BCUT2D eigenvalue weighted by atomic mass is 10.0. The van der Waals surface area contributed by atoms with E-state index in [1.807, 2.05) is 0 Å². The SMILES string of the molecule is CSc1ccc(NC2CCN(C(=S)CCCN3CCN(c4ccc(C(F)(F)F)cc4)CC3)CC2)cc1C(F)(F)F. The summed E-state index contributed by atoms with van der Waals surface area (Å²) in [5.74, 6) is 0. The Morgan fingerprint density at radius 2 is 1.55 bits per heavy atom. The van der Waals surface area contributed by atoms with Gasteiger partial charge in [0.1, 0.15) is 0 Å². The maximum Gasteiger partial charge on any atom is 0.417 e. The van der Waals surface area contributed by atoms with Crippen LogP contribution in [0.25, 0.3) is 0 Å². The molecule has 1 N–H and O–H groups in total. The number of alkyl halides is 6. The zero-order chi connectivity index (χ0) is 28.9. The standard InChI is InChI=1S/C28H34F6N4S2/c1-40-25-9-6-22(19-24(25)28(32,33)34)35-21-10-13-38(14-11-21)26(39)3-2-12-36-15-17-37(18-16-36)23-7-4-20(5-8-23)27(29,30)31/h4-9,19,21,35H,2-3,10-18H2,1H3. The molecule has 2 aliphatic rings. The van der Waals surface area contributed by atoms with Crippen LogP contribution >= 0.6 is 24.0 Å². The summed E-state index contributed by atoms with van der Waals surface area (Å²) in [6, 6.07) is 9.87. The van der Waals surface area contributed by atoms with Crippen molar-refractivity contribution in [1.82, 2.24) is 9.80 Å². The summed E-state index contributed by atoms with van der Waals surface area (Å²) >= 11 is 6.78. The fourth-order valence-electron chi connectivity index (χ4n) is 5.23. The number of thioether (sulfide) groups is 1. The molecule has 220 valence electrons. The van der Waals surface area contributed by atoms with Crippen LogP contribution in [-0.4, -0.2) is 72.9 Å². The van der Waals surface area contributed by atoms with Crippen LogP contribution in [0.1, 0.15) is 36.8 Å². The number of nitrogens with one attached hydrogen (secondary N) is 1. The number of piperazine rings is 1. The molecular weight excluding hydrogens is 570 g/mol. The highest BCUT2D eigenvalue weighted by molar-refractivity contribution is 7.98. The number of rotatable bonds is 8. The normalized spacial score (nSPS) is 17.8. The molecule has 2 aliphatic heterocycles. The van der Waals surface area contributed by atoms with E-state index in [1.165, 1.54) is 24.3 Å². The van der Waals surface area contributed by atoms with Crippen LogP contribution in [0.2, 0.25) is 0 Å².